The number of rotatable bonds is 6. The van der Waals surface area contributed by atoms with Crippen molar-refractivity contribution in [2.75, 3.05) is 24.5 Å². The molecule has 0 bridgehead atoms. The minimum atomic E-state index is -0.967. The largest absolute Gasteiger partial charge is 0.481 e. The van der Waals surface area contributed by atoms with Gasteiger partial charge in [0.1, 0.15) is 5.82 Å². The van der Waals surface area contributed by atoms with Crippen LogP contribution in [-0.4, -0.2) is 41.6 Å². The maximum Gasteiger partial charge on any atom is 0.324 e. The molecule has 0 saturated heterocycles. The van der Waals surface area contributed by atoms with Gasteiger partial charge >= 0.3 is 12.0 Å². The second-order valence-corrected chi connectivity index (χ2v) is 4.20. The SMILES string of the molecule is CCN(CCC(=O)O)C(=O)N(CC)c1ccccc1F. The van der Waals surface area contributed by atoms with Crippen molar-refractivity contribution in [3.63, 3.8) is 0 Å². The first-order chi connectivity index (χ1) is 9.51. The average Bonchev–Trinajstić information content (AvgIpc) is 2.42. The molecule has 1 rings (SSSR count). The molecule has 0 aliphatic heterocycles. The van der Waals surface area contributed by atoms with Gasteiger partial charge in [0, 0.05) is 19.6 Å². The Morgan fingerprint density at radius 1 is 1.20 bits per heavy atom. The molecule has 1 aromatic rings. The topological polar surface area (TPSA) is 60.9 Å². The van der Waals surface area contributed by atoms with E-state index < -0.39 is 11.8 Å². The number of carboxylic acid groups (broad SMARTS) is 1. The predicted octanol–water partition coefficient (Wildman–Crippen LogP) is 2.57. The summed E-state index contributed by atoms with van der Waals surface area (Å²) in [5.41, 5.74) is 0.203. The summed E-state index contributed by atoms with van der Waals surface area (Å²) in [6.45, 7) is 4.29. The number of benzene rings is 1. The van der Waals surface area contributed by atoms with Crippen LogP contribution in [0.4, 0.5) is 14.9 Å². The number of hydrogen-bond donors (Lipinski definition) is 1. The summed E-state index contributed by atoms with van der Waals surface area (Å²) in [6.07, 6.45) is -0.131. The van der Waals surface area contributed by atoms with Crippen LogP contribution in [0.5, 0.6) is 0 Å². The summed E-state index contributed by atoms with van der Waals surface area (Å²) in [4.78, 5) is 25.7. The Kier molecular flexibility index (Phi) is 5.96. The van der Waals surface area contributed by atoms with E-state index in [1.165, 1.54) is 21.9 Å². The molecule has 1 aromatic carbocycles. The fraction of sp³-hybridized carbons (Fsp3) is 0.429. The van der Waals surface area contributed by atoms with Crippen LogP contribution < -0.4 is 4.90 Å². The lowest BCUT2D eigenvalue weighted by Gasteiger charge is -2.29. The number of nitrogens with zero attached hydrogens (tertiary/aromatic N) is 2. The van der Waals surface area contributed by atoms with Crippen LogP contribution in [0, 0.1) is 5.82 Å². The lowest BCUT2D eigenvalue weighted by Crippen LogP contribution is -2.44. The molecule has 0 saturated carbocycles. The Bertz CT molecular complexity index is 479. The van der Waals surface area contributed by atoms with E-state index in [-0.39, 0.29) is 24.7 Å². The second kappa shape index (κ2) is 7.47. The number of halogens is 1. The Labute approximate surface area is 117 Å². The fourth-order valence-electron chi connectivity index (χ4n) is 1.87. The van der Waals surface area contributed by atoms with E-state index in [1.54, 1.807) is 26.0 Å². The molecule has 5 nitrogen and oxygen atoms in total. The highest BCUT2D eigenvalue weighted by Gasteiger charge is 2.22. The van der Waals surface area contributed by atoms with Gasteiger partial charge < -0.3 is 10.0 Å². The highest BCUT2D eigenvalue weighted by molar-refractivity contribution is 5.92. The number of anilines is 1. The maximum absolute atomic E-state index is 13.8. The molecule has 0 heterocycles. The number of para-hydroxylation sites is 1. The zero-order valence-corrected chi connectivity index (χ0v) is 11.7. The van der Waals surface area contributed by atoms with Gasteiger partial charge in [-0.05, 0) is 26.0 Å². The Morgan fingerprint density at radius 3 is 2.35 bits per heavy atom. The van der Waals surface area contributed by atoms with Gasteiger partial charge in [-0.1, -0.05) is 12.1 Å². The van der Waals surface area contributed by atoms with Crippen LogP contribution in [0.15, 0.2) is 24.3 Å². The monoisotopic (exact) mass is 282 g/mol. The molecular weight excluding hydrogens is 263 g/mol. The Hall–Kier alpha value is -2.11. The van der Waals surface area contributed by atoms with Crippen LogP contribution in [0.25, 0.3) is 0 Å². The van der Waals surface area contributed by atoms with Gasteiger partial charge in [-0.3, -0.25) is 9.69 Å². The number of hydrogen-bond acceptors (Lipinski definition) is 2. The molecule has 0 aliphatic rings. The van der Waals surface area contributed by atoms with Gasteiger partial charge in [0.2, 0.25) is 0 Å². The van der Waals surface area contributed by atoms with Crippen LogP contribution in [-0.2, 0) is 4.79 Å². The summed E-state index contributed by atoms with van der Waals surface area (Å²) >= 11 is 0. The molecule has 20 heavy (non-hydrogen) atoms. The summed E-state index contributed by atoms with van der Waals surface area (Å²) in [5.74, 6) is -1.44. The Morgan fingerprint density at radius 2 is 1.85 bits per heavy atom. The minimum absolute atomic E-state index is 0.107. The Balaban J connectivity index is 2.90. The molecule has 0 aliphatic carbocycles. The maximum atomic E-state index is 13.8. The second-order valence-electron chi connectivity index (χ2n) is 4.20. The number of carbonyl (C=O) groups is 2. The lowest BCUT2D eigenvalue weighted by molar-refractivity contribution is -0.137. The first-order valence-electron chi connectivity index (χ1n) is 6.54. The number of urea groups is 1. The quantitative estimate of drug-likeness (QED) is 0.872. The predicted molar refractivity (Wildman–Crippen MR) is 74.3 cm³/mol. The van der Waals surface area contributed by atoms with Crippen molar-refractivity contribution in [3.05, 3.63) is 30.1 Å². The highest BCUT2D eigenvalue weighted by atomic mass is 19.1. The van der Waals surface area contributed by atoms with Gasteiger partial charge in [-0.2, -0.15) is 0 Å². The first-order valence-corrected chi connectivity index (χ1v) is 6.54. The molecule has 6 heteroatoms. The van der Waals surface area contributed by atoms with E-state index in [0.717, 1.165) is 0 Å². The van der Waals surface area contributed by atoms with E-state index >= 15 is 0 Å². The molecule has 0 fully saturated rings. The average molecular weight is 282 g/mol. The van der Waals surface area contributed by atoms with Gasteiger partial charge in [0.25, 0.3) is 0 Å². The van der Waals surface area contributed by atoms with Gasteiger partial charge in [-0.25, -0.2) is 9.18 Å². The standard InChI is InChI=1S/C14H19FN2O3/c1-3-16(10-9-13(18)19)14(20)17(4-2)12-8-6-5-7-11(12)15/h5-8H,3-4,9-10H2,1-2H3,(H,18,19). The van der Waals surface area contributed by atoms with E-state index in [1.807, 2.05) is 0 Å². The zero-order chi connectivity index (χ0) is 15.1. The smallest absolute Gasteiger partial charge is 0.324 e. The third kappa shape index (κ3) is 3.94. The molecule has 1 N–H and O–H groups in total. The number of amides is 2. The molecule has 0 unspecified atom stereocenters. The van der Waals surface area contributed by atoms with Crippen molar-refractivity contribution in [3.8, 4) is 0 Å². The number of aliphatic carboxylic acids is 1. The molecule has 0 spiro atoms. The summed E-state index contributed by atoms with van der Waals surface area (Å²) in [5, 5.41) is 8.69. The van der Waals surface area contributed by atoms with E-state index in [2.05, 4.69) is 0 Å². The van der Waals surface area contributed by atoms with Crippen molar-refractivity contribution in [2.45, 2.75) is 20.3 Å². The third-order valence-electron chi connectivity index (χ3n) is 2.94. The summed E-state index contributed by atoms with van der Waals surface area (Å²) in [6, 6.07) is 5.64. The van der Waals surface area contributed by atoms with Crippen LogP contribution in [0.2, 0.25) is 0 Å². The molecule has 0 atom stereocenters. The van der Waals surface area contributed by atoms with Crippen LogP contribution in [0.3, 0.4) is 0 Å². The molecular formula is C14H19FN2O3. The number of carbonyl (C=O) groups excluding carboxylic acids is 1. The van der Waals surface area contributed by atoms with Gasteiger partial charge in [-0.15, -0.1) is 0 Å². The highest BCUT2D eigenvalue weighted by Crippen LogP contribution is 2.20. The minimum Gasteiger partial charge on any atom is -0.481 e. The van der Waals surface area contributed by atoms with E-state index in [0.29, 0.717) is 13.1 Å². The van der Waals surface area contributed by atoms with Gasteiger partial charge in [0.15, 0.2) is 0 Å². The fourth-order valence-corrected chi connectivity index (χ4v) is 1.87. The van der Waals surface area contributed by atoms with Crippen molar-refractivity contribution < 1.29 is 19.1 Å². The molecule has 0 aromatic heterocycles. The zero-order valence-electron chi connectivity index (χ0n) is 11.7. The van der Waals surface area contributed by atoms with Crippen molar-refractivity contribution >= 4 is 17.7 Å². The van der Waals surface area contributed by atoms with Crippen molar-refractivity contribution in [1.29, 1.82) is 0 Å². The third-order valence-corrected chi connectivity index (χ3v) is 2.94. The van der Waals surface area contributed by atoms with Gasteiger partial charge in [0.05, 0.1) is 12.1 Å². The molecule has 110 valence electrons. The van der Waals surface area contributed by atoms with Crippen molar-refractivity contribution in [2.24, 2.45) is 0 Å². The van der Waals surface area contributed by atoms with Crippen molar-refractivity contribution in [1.82, 2.24) is 4.90 Å². The van der Waals surface area contributed by atoms with Crippen LogP contribution >= 0.6 is 0 Å². The number of carboxylic acids is 1. The van der Waals surface area contributed by atoms with E-state index in [4.69, 9.17) is 5.11 Å². The summed E-state index contributed by atoms with van der Waals surface area (Å²) < 4.78 is 13.8. The first kappa shape index (κ1) is 15.9. The normalized spacial score (nSPS) is 10.2. The molecule has 0 radical (unpaired) electrons. The van der Waals surface area contributed by atoms with E-state index in [9.17, 15) is 14.0 Å². The van der Waals surface area contributed by atoms with Crippen LogP contribution in [0.1, 0.15) is 20.3 Å². The summed E-state index contributed by atoms with van der Waals surface area (Å²) in [7, 11) is 0. The molecule has 2 amide bonds. The lowest BCUT2D eigenvalue weighted by atomic mass is 10.2.